The molecule has 96 valence electrons. The van der Waals surface area contributed by atoms with Crippen LogP contribution in [0.1, 0.15) is 27.7 Å². The molecule has 17 heavy (non-hydrogen) atoms. The van der Waals surface area contributed by atoms with E-state index in [1.807, 2.05) is 27.7 Å². The van der Waals surface area contributed by atoms with E-state index in [0.29, 0.717) is 0 Å². The Balaban J connectivity index is 3.21. The minimum absolute atomic E-state index is 0.0288. The molecule has 0 spiro atoms. The highest BCUT2D eigenvalue weighted by Crippen LogP contribution is 2.33. The fraction of sp³-hybridized carbons (Fsp3) is 0.538. The molecule has 1 unspecified atom stereocenters. The van der Waals surface area contributed by atoms with Gasteiger partial charge in [-0.15, -0.1) is 0 Å². The Kier molecular flexibility index (Phi) is 3.65. The van der Waals surface area contributed by atoms with Crippen LogP contribution in [0.25, 0.3) is 0 Å². The van der Waals surface area contributed by atoms with Crippen molar-refractivity contribution in [2.45, 2.75) is 33.7 Å². The second-order valence-corrected chi connectivity index (χ2v) is 5.45. The number of halogens is 2. The molecule has 0 radical (unpaired) electrons. The van der Waals surface area contributed by atoms with E-state index in [4.69, 9.17) is 5.73 Å². The van der Waals surface area contributed by atoms with Crippen molar-refractivity contribution >= 4 is 11.4 Å². The third kappa shape index (κ3) is 2.68. The predicted octanol–water partition coefficient (Wildman–Crippen LogP) is 3.42. The molecule has 2 N–H and O–H groups in total. The number of nitrogens with two attached hydrogens (primary N) is 1. The lowest BCUT2D eigenvalue weighted by atomic mass is 9.87. The van der Waals surface area contributed by atoms with Crippen LogP contribution in [0.15, 0.2) is 12.1 Å². The lowest BCUT2D eigenvalue weighted by molar-refractivity contribution is 0.327. The largest absolute Gasteiger partial charge is 0.397 e. The smallest absolute Gasteiger partial charge is 0.184 e. The van der Waals surface area contributed by atoms with E-state index in [0.717, 1.165) is 6.07 Å². The Bertz CT molecular complexity index is 411. The first kappa shape index (κ1) is 13.7. The van der Waals surface area contributed by atoms with Crippen LogP contribution in [0.4, 0.5) is 20.2 Å². The Labute approximate surface area is 101 Å². The van der Waals surface area contributed by atoms with Crippen molar-refractivity contribution < 1.29 is 8.78 Å². The van der Waals surface area contributed by atoms with E-state index in [2.05, 4.69) is 0 Å². The van der Waals surface area contributed by atoms with Crippen LogP contribution in [0, 0.1) is 17.0 Å². The number of anilines is 2. The van der Waals surface area contributed by atoms with Crippen molar-refractivity contribution in [2.75, 3.05) is 17.7 Å². The van der Waals surface area contributed by atoms with E-state index >= 15 is 0 Å². The van der Waals surface area contributed by atoms with Crippen molar-refractivity contribution in [2.24, 2.45) is 5.41 Å². The Morgan fingerprint density at radius 2 is 1.76 bits per heavy atom. The molecule has 0 aliphatic rings. The Hall–Kier alpha value is -1.32. The first-order valence-electron chi connectivity index (χ1n) is 5.62. The second kappa shape index (κ2) is 4.51. The molecule has 0 saturated carbocycles. The maximum atomic E-state index is 13.8. The molecule has 0 aliphatic carbocycles. The van der Waals surface area contributed by atoms with Crippen LogP contribution >= 0.6 is 0 Å². The summed E-state index contributed by atoms with van der Waals surface area (Å²) in [5.41, 5.74) is 6.05. The van der Waals surface area contributed by atoms with E-state index in [-0.39, 0.29) is 22.8 Å². The van der Waals surface area contributed by atoms with Crippen LogP contribution in [-0.2, 0) is 0 Å². The van der Waals surface area contributed by atoms with Gasteiger partial charge in [0.1, 0.15) is 0 Å². The number of nitrogen functional groups attached to an aromatic ring is 1. The summed E-state index contributed by atoms with van der Waals surface area (Å²) >= 11 is 0. The van der Waals surface area contributed by atoms with Gasteiger partial charge in [0, 0.05) is 13.1 Å². The topological polar surface area (TPSA) is 29.3 Å². The van der Waals surface area contributed by atoms with Crippen molar-refractivity contribution in [3.8, 4) is 0 Å². The lowest BCUT2D eigenvalue weighted by Crippen LogP contribution is -2.40. The molecule has 0 aromatic heterocycles. The molecule has 0 heterocycles. The maximum Gasteiger partial charge on any atom is 0.184 e. The highest BCUT2D eigenvalue weighted by atomic mass is 19.2. The molecule has 1 atom stereocenters. The number of hydrogen-bond acceptors (Lipinski definition) is 2. The van der Waals surface area contributed by atoms with Gasteiger partial charge in [-0.05, 0) is 24.5 Å². The Morgan fingerprint density at radius 1 is 1.24 bits per heavy atom. The quantitative estimate of drug-likeness (QED) is 0.805. The lowest BCUT2D eigenvalue weighted by Gasteiger charge is -2.37. The van der Waals surface area contributed by atoms with Crippen LogP contribution in [0.3, 0.4) is 0 Å². The van der Waals surface area contributed by atoms with Crippen LogP contribution in [-0.4, -0.2) is 13.1 Å². The first-order chi connectivity index (χ1) is 7.66. The molecule has 0 bridgehead atoms. The standard InChI is InChI=1S/C13H20F2N2/c1-8(13(2,3)4)17(5)12-10(16)7-6-9(14)11(12)15/h6-8H,16H2,1-5H3. The van der Waals surface area contributed by atoms with Crippen molar-refractivity contribution in [1.82, 2.24) is 0 Å². The van der Waals surface area contributed by atoms with Gasteiger partial charge in [0.25, 0.3) is 0 Å². The van der Waals surface area contributed by atoms with E-state index in [9.17, 15) is 8.78 Å². The highest BCUT2D eigenvalue weighted by molar-refractivity contribution is 5.68. The highest BCUT2D eigenvalue weighted by Gasteiger charge is 2.27. The van der Waals surface area contributed by atoms with Gasteiger partial charge in [-0.25, -0.2) is 8.78 Å². The number of hydrogen-bond donors (Lipinski definition) is 1. The third-order valence-corrected chi connectivity index (χ3v) is 3.29. The van der Waals surface area contributed by atoms with Crippen LogP contribution in [0.2, 0.25) is 0 Å². The summed E-state index contributed by atoms with van der Waals surface area (Å²) in [5.74, 6) is -1.76. The molecular weight excluding hydrogens is 222 g/mol. The zero-order valence-corrected chi connectivity index (χ0v) is 11.0. The molecule has 1 aromatic rings. The maximum absolute atomic E-state index is 13.8. The predicted molar refractivity (Wildman–Crippen MR) is 68.1 cm³/mol. The summed E-state index contributed by atoms with van der Waals surface area (Å²) in [6.45, 7) is 8.09. The number of nitrogens with zero attached hydrogens (tertiary/aromatic N) is 1. The van der Waals surface area contributed by atoms with E-state index < -0.39 is 11.6 Å². The van der Waals surface area contributed by atoms with Crippen LogP contribution in [0.5, 0.6) is 0 Å². The van der Waals surface area contributed by atoms with Gasteiger partial charge in [-0.2, -0.15) is 0 Å². The Morgan fingerprint density at radius 3 is 2.24 bits per heavy atom. The molecule has 0 aliphatic heterocycles. The molecule has 0 amide bonds. The van der Waals surface area contributed by atoms with Gasteiger partial charge in [0.05, 0.1) is 11.4 Å². The van der Waals surface area contributed by atoms with E-state index in [1.165, 1.54) is 6.07 Å². The first-order valence-corrected chi connectivity index (χ1v) is 5.62. The minimum atomic E-state index is -0.886. The van der Waals surface area contributed by atoms with Crippen LogP contribution < -0.4 is 10.6 Å². The molecule has 0 fully saturated rings. The van der Waals surface area contributed by atoms with Gasteiger partial charge in [-0.3, -0.25) is 0 Å². The third-order valence-electron chi connectivity index (χ3n) is 3.29. The summed E-state index contributed by atoms with van der Waals surface area (Å²) in [5, 5.41) is 0. The summed E-state index contributed by atoms with van der Waals surface area (Å²) < 4.78 is 27.0. The molecule has 1 aromatic carbocycles. The summed E-state index contributed by atoms with van der Waals surface area (Å²) in [6.07, 6.45) is 0. The van der Waals surface area contributed by atoms with Gasteiger partial charge in [0.2, 0.25) is 0 Å². The zero-order valence-electron chi connectivity index (χ0n) is 11.0. The molecule has 0 saturated heterocycles. The summed E-state index contributed by atoms with van der Waals surface area (Å²) in [4.78, 5) is 1.69. The zero-order chi connectivity index (χ0) is 13.4. The van der Waals surface area contributed by atoms with Gasteiger partial charge < -0.3 is 10.6 Å². The SMILES string of the molecule is CC(N(C)c1c(N)ccc(F)c1F)C(C)(C)C. The normalized spacial score (nSPS) is 13.6. The fourth-order valence-corrected chi connectivity index (χ4v) is 1.69. The van der Waals surface area contributed by atoms with Crippen molar-refractivity contribution in [1.29, 1.82) is 0 Å². The second-order valence-electron chi connectivity index (χ2n) is 5.45. The molecule has 1 rings (SSSR count). The van der Waals surface area contributed by atoms with Crippen molar-refractivity contribution in [3.63, 3.8) is 0 Å². The molecule has 4 heteroatoms. The number of rotatable bonds is 2. The summed E-state index contributed by atoms with van der Waals surface area (Å²) in [6, 6.07) is 2.46. The average Bonchev–Trinajstić information content (AvgIpc) is 2.21. The minimum Gasteiger partial charge on any atom is -0.397 e. The van der Waals surface area contributed by atoms with Gasteiger partial charge in [0.15, 0.2) is 11.6 Å². The van der Waals surface area contributed by atoms with Gasteiger partial charge >= 0.3 is 0 Å². The fourth-order valence-electron chi connectivity index (χ4n) is 1.69. The van der Waals surface area contributed by atoms with Gasteiger partial charge in [-0.1, -0.05) is 20.8 Å². The van der Waals surface area contributed by atoms with Crippen molar-refractivity contribution in [3.05, 3.63) is 23.8 Å². The molecular formula is C13H20F2N2. The molecule has 2 nitrogen and oxygen atoms in total. The van der Waals surface area contributed by atoms with E-state index in [1.54, 1.807) is 11.9 Å². The number of benzene rings is 1. The average molecular weight is 242 g/mol. The monoisotopic (exact) mass is 242 g/mol. The summed E-state index contributed by atoms with van der Waals surface area (Å²) in [7, 11) is 1.73.